The van der Waals surface area contributed by atoms with Crippen LogP contribution in [0.2, 0.25) is 0 Å². The van der Waals surface area contributed by atoms with E-state index in [4.69, 9.17) is 4.74 Å². The zero-order valence-corrected chi connectivity index (χ0v) is 12.3. The molecule has 3 rings (SSSR count). The van der Waals surface area contributed by atoms with Gasteiger partial charge in [-0.1, -0.05) is 0 Å². The fraction of sp³-hybridized carbons (Fsp3) is 0.571. The van der Waals surface area contributed by atoms with E-state index in [0.29, 0.717) is 16.1 Å². The third-order valence-corrected chi connectivity index (χ3v) is 4.52. The van der Waals surface area contributed by atoms with Gasteiger partial charge in [-0.25, -0.2) is 0 Å². The molecule has 1 aliphatic carbocycles. The molecule has 2 unspecified atom stereocenters. The number of anilines is 1. The molecule has 20 heavy (non-hydrogen) atoms. The lowest BCUT2D eigenvalue weighted by Gasteiger charge is -2.21. The van der Waals surface area contributed by atoms with Crippen molar-refractivity contribution in [3.05, 3.63) is 28.2 Å². The number of rotatable bonds is 3. The van der Waals surface area contributed by atoms with Gasteiger partial charge in [0, 0.05) is 16.8 Å². The van der Waals surface area contributed by atoms with Gasteiger partial charge in [0.05, 0.1) is 17.7 Å². The van der Waals surface area contributed by atoms with Crippen molar-refractivity contribution in [1.29, 1.82) is 0 Å². The van der Waals surface area contributed by atoms with Crippen molar-refractivity contribution >= 4 is 21.6 Å². The number of halogens is 4. The molecule has 2 nitrogen and oxygen atoms in total. The second-order valence-electron chi connectivity index (χ2n) is 5.40. The summed E-state index contributed by atoms with van der Waals surface area (Å²) in [6.45, 7) is 0.719. The maximum absolute atomic E-state index is 12.6. The quantitative estimate of drug-likeness (QED) is 0.870. The lowest BCUT2D eigenvalue weighted by Crippen LogP contribution is -2.31. The Labute approximate surface area is 123 Å². The summed E-state index contributed by atoms with van der Waals surface area (Å²) < 4.78 is 44.0. The van der Waals surface area contributed by atoms with E-state index in [2.05, 4.69) is 21.2 Å². The molecule has 1 aromatic carbocycles. The molecule has 1 saturated carbocycles. The van der Waals surface area contributed by atoms with Crippen LogP contribution in [-0.2, 0) is 10.9 Å². The van der Waals surface area contributed by atoms with Crippen molar-refractivity contribution in [2.24, 2.45) is 5.92 Å². The van der Waals surface area contributed by atoms with Crippen LogP contribution in [0.1, 0.15) is 24.8 Å². The highest BCUT2D eigenvalue weighted by atomic mass is 79.9. The van der Waals surface area contributed by atoms with Crippen molar-refractivity contribution < 1.29 is 17.9 Å². The summed E-state index contributed by atoms with van der Waals surface area (Å²) in [6, 6.07) is 3.89. The first kappa shape index (κ1) is 14.2. The molecule has 1 aromatic rings. The first-order chi connectivity index (χ1) is 9.45. The molecule has 6 heteroatoms. The van der Waals surface area contributed by atoms with Crippen molar-refractivity contribution in [2.75, 3.05) is 11.9 Å². The van der Waals surface area contributed by atoms with Crippen molar-refractivity contribution in [3.8, 4) is 0 Å². The Hall–Kier alpha value is -0.750. The molecular formula is C14H15BrF3NO. The Morgan fingerprint density at radius 3 is 2.55 bits per heavy atom. The average molecular weight is 350 g/mol. The Balaban J connectivity index is 1.74. The Kier molecular flexibility index (Phi) is 3.71. The zero-order chi connectivity index (χ0) is 14.3. The molecule has 1 aliphatic heterocycles. The summed E-state index contributed by atoms with van der Waals surface area (Å²) >= 11 is 3.22. The molecule has 0 aromatic heterocycles. The summed E-state index contributed by atoms with van der Waals surface area (Å²) in [7, 11) is 0. The van der Waals surface area contributed by atoms with Gasteiger partial charge in [0.2, 0.25) is 0 Å². The van der Waals surface area contributed by atoms with E-state index >= 15 is 0 Å². The molecule has 1 heterocycles. The number of hydrogen-bond acceptors (Lipinski definition) is 2. The van der Waals surface area contributed by atoms with Crippen molar-refractivity contribution in [1.82, 2.24) is 0 Å². The van der Waals surface area contributed by atoms with Gasteiger partial charge in [0.15, 0.2) is 0 Å². The largest absolute Gasteiger partial charge is 0.416 e. The maximum atomic E-state index is 12.6. The maximum Gasteiger partial charge on any atom is 0.416 e. The number of alkyl halides is 3. The second-order valence-corrected chi connectivity index (χ2v) is 6.26. The summed E-state index contributed by atoms with van der Waals surface area (Å²) in [6.07, 6.45) is -0.833. The lowest BCUT2D eigenvalue weighted by atomic mass is 10.1. The van der Waals surface area contributed by atoms with Crippen LogP contribution in [0, 0.1) is 5.92 Å². The molecule has 1 N–H and O–H groups in total. The van der Waals surface area contributed by atoms with Crippen LogP contribution in [0.15, 0.2) is 22.7 Å². The lowest BCUT2D eigenvalue weighted by molar-refractivity contribution is -0.137. The van der Waals surface area contributed by atoms with Gasteiger partial charge in [-0.2, -0.15) is 13.2 Å². The summed E-state index contributed by atoms with van der Waals surface area (Å²) in [5, 5.41) is 3.32. The number of hydrogen-bond donors (Lipinski definition) is 1. The molecule has 2 fully saturated rings. The first-order valence-electron chi connectivity index (χ1n) is 6.70. The average Bonchev–Trinajstić information content (AvgIpc) is 3.11. The molecular weight excluding hydrogens is 335 g/mol. The van der Waals surface area contributed by atoms with E-state index in [-0.39, 0.29) is 12.1 Å². The van der Waals surface area contributed by atoms with Gasteiger partial charge in [-0.05, 0) is 59.3 Å². The predicted molar refractivity (Wildman–Crippen MR) is 73.6 cm³/mol. The van der Waals surface area contributed by atoms with Gasteiger partial charge in [0.1, 0.15) is 0 Å². The minimum atomic E-state index is -4.31. The second kappa shape index (κ2) is 5.22. The third-order valence-electron chi connectivity index (χ3n) is 3.86. The highest BCUT2D eigenvalue weighted by Gasteiger charge is 2.40. The van der Waals surface area contributed by atoms with E-state index in [1.165, 1.54) is 18.9 Å². The van der Waals surface area contributed by atoms with E-state index in [9.17, 15) is 13.2 Å². The Bertz CT molecular complexity index is 502. The fourth-order valence-corrected chi connectivity index (χ4v) is 3.16. The van der Waals surface area contributed by atoms with Crippen LogP contribution < -0.4 is 5.32 Å². The highest BCUT2D eigenvalue weighted by Crippen LogP contribution is 2.40. The topological polar surface area (TPSA) is 21.3 Å². The summed E-state index contributed by atoms with van der Waals surface area (Å²) in [5.74, 6) is 0.614. The molecule has 0 spiro atoms. The van der Waals surface area contributed by atoms with E-state index in [1.54, 1.807) is 0 Å². The van der Waals surface area contributed by atoms with Gasteiger partial charge in [0.25, 0.3) is 0 Å². The molecule has 1 saturated heterocycles. The van der Waals surface area contributed by atoms with Crippen LogP contribution in [0.4, 0.5) is 18.9 Å². The number of benzene rings is 1. The smallest absolute Gasteiger partial charge is 0.379 e. The van der Waals surface area contributed by atoms with E-state index in [1.807, 2.05) is 0 Å². The van der Waals surface area contributed by atoms with E-state index < -0.39 is 11.7 Å². The number of ether oxygens (including phenoxy) is 1. The molecule has 0 radical (unpaired) electrons. The van der Waals surface area contributed by atoms with Crippen LogP contribution in [-0.4, -0.2) is 18.8 Å². The van der Waals surface area contributed by atoms with Gasteiger partial charge in [-0.15, -0.1) is 0 Å². The molecule has 0 amide bonds. The summed E-state index contributed by atoms with van der Waals surface area (Å²) in [5.41, 5.74) is 0.0514. The SMILES string of the molecule is FC(F)(F)c1ccc(NC2CCOC2C2CC2)c(Br)c1. The van der Waals surface area contributed by atoms with Gasteiger partial charge < -0.3 is 10.1 Å². The van der Waals surface area contributed by atoms with Crippen LogP contribution in [0.25, 0.3) is 0 Å². The normalized spacial score (nSPS) is 26.8. The van der Waals surface area contributed by atoms with Crippen LogP contribution in [0.3, 0.4) is 0 Å². The Morgan fingerprint density at radius 1 is 1.20 bits per heavy atom. The molecule has 0 bridgehead atoms. The van der Waals surface area contributed by atoms with Crippen LogP contribution >= 0.6 is 15.9 Å². The molecule has 110 valence electrons. The monoisotopic (exact) mass is 349 g/mol. The van der Waals surface area contributed by atoms with Crippen molar-refractivity contribution in [2.45, 2.75) is 37.6 Å². The Morgan fingerprint density at radius 2 is 1.95 bits per heavy atom. The summed E-state index contributed by atoms with van der Waals surface area (Å²) in [4.78, 5) is 0. The number of nitrogens with one attached hydrogen (secondary N) is 1. The van der Waals surface area contributed by atoms with Gasteiger partial charge in [-0.3, -0.25) is 0 Å². The predicted octanol–water partition coefficient (Wildman–Crippen LogP) is 4.45. The molecule has 2 atom stereocenters. The third kappa shape index (κ3) is 2.96. The minimum absolute atomic E-state index is 0.190. The standard InChI is InChI=1S/C14H15BrF3NO/c15-10-7-9(14(16,17)18)3-4-11(10)19-12-5-6-20-13(12)8-1-2-8/h3-4,7-8,12-13,19H,1-2,5-6H2. The van der Waals surface area contributed by atoms with E-state index in [0.717, 1.165) is 25.2 Å². The molecule has 2 aliphatic rings. The zero-order valence-electron chi connectivity index (χ0n) is 10.7. The van der Waals surface area contributed by atoms with Gasteiger partial charge >= 0.3 is 6.18 Å². The fourth-order valence-electron chi connectivity index (χ4n) is 2.66. The van der Waals surface area contributed by atoms with Crippen LogP contribution in [0.5, 0.6) is 0 Å². The minimum Gasteiger partial charge on any atom is -0.379 e. The highest BCUT2D eigenvalue weighted by molar-refractivity contribution is 9.10. The van der Waals surface area contributed by atoms with Crippen molar-refractivity contribution in [3.63, 3.8) is 0 Å². The first-order valence-corrected chi connectivity index (χ1v) is 7.49.